The number of carbonyl (C=O) groups excluding carboxylic acids is 2. The first kappa shape index (κ1) is 20.3. The number of H-pyrrole nitrogens is 1. The van der Waals surface area contributed by atoms with Crippen LogP contribution in [0, 0.1) is 13.8 Å². The monoisotopic (exact) mass is 397 g/mol. The summed E-state index contributed by atoms with van der Waals surface area (Å²) in [4.78, 5) is 24.4. The number of hydrogen-bond donors (Lipinski definition) is 2. The molecule has 1 heterocycles. The van der Waals surface area contributed by atoms with E-state index < -0.39 is 18.0 Å². The number of amides is 1. The van der Waals surface area contributed by atoms with Crippen LogP contribution in [0.2, 0.25) is 10.0 Å². The van der Waals surface area contributed by atoms with Crippen LogP contribution < -0.4 is 5.32 Å². The van der Waals surface area contributed by atoms with Gasteiger partial charge in [0.2, 0.25) is 0 Å². The van der Waals surface area contributed by atoms with Gasteiger partial charge in [-0.15, -0.1) is 0 Å². The molecule has 2 aromatic rings. The molecule has 1 amide bonds. The van der Waals surface area contributed by atoms with Gasteiger partial charge in [0, 0.05) is 10.7 Å². The highest BCUT2D eigenvalue weighted by Gasteiger charge is 2.23. The molecule has 1 aromatic carbocycles. The van der Waals surface area contributed by atoms with Crippen LogP contribution >= 0.6 is 23.2 Å². The number of halogens is 2. The summed E-state index contributed by atoms with van der Waals surface area (Å²) in [5.74, 6) is -1.01. The van der Waals surface area contributed by atoms with Gasteiger partial charge in [0.25, 0.3) is 5.91 Å². The van der Waals surface area contributed by atoms with Crippen LogP contribution in [-0.4, -0.2) is 28.2 Å². The summed E-state index contributed by atoms with van der Waals surface area (Å²) in [6.45, 7) is 7.21. The number of benzene rings is 1. The SMILES string of the molecule is Cc1n[nH]c(C)c1C(C)CC(=O)OC(C)C(=O)Nc1cc(Cl)ccc1Cl. The van der Waals surface area contributed by atoms with E-state index in [9.17, 15) is 9.59 Å². The maximum atomic E-state index is 12.2. The summed E-state index contributed by atoms with van der Waals surface area (Å²) in [7, 11) is 0. The van der Waals surface area contributed by atoms with E-state index in [-0.39, 0.29) is 12.3 Å². The molecule has 0 fully saturated rings. The van der Waals surface area contributed by atoms with E-state index >= 15 is 0 Å². The topological polar surface area (TPSA) is 84.1 Å². The molecule has 2 N–H and O–H groups in total. The Hall–Kier alpha value is -2.05. The van der Waals surface area contributed by atoms with Crippen LogP contribution in [0.5, 0.6) is 0 Å². The normalized spacial score (nSPS) is 13.2. The standard InChI is InChI=1S/C18H21Cl2N3O3/c1-9(17-10(2)22-23-11(17)3)7-16(24)26-12(4)18(25)21-15-8-13(19)5-6-14(15)20/h5-6,8-9,12H,7H2,1-4H3,(H,21,25)(H,22,23). The summed E-state index contributed by atoms with van der Waals surface area (Å²) < 4.78 is 5.25. The van der Waals surface area contributed by atoms with Gasteiger partial charge in [-0.2, -0.15) is 5.10 Å². The number of anilines is 1. The highest BCUT2D eigenvalue weighted by atomic mass is 35.5. The van der Waals surface area contributed by atoms with Crippen molar-refractivity contribution in [3.63, 3.8) is 0 Å². The number of carbonyl (C=O) groups is 2. The van der Waals surface area contributed by atoms with Crippen molar-refractivity contribution in [3.8, 4) is 0 Å². The lowest BCUT2D eigenvalue weighted by atomic mass is 9.96. The molecule has 0 aliphatic heterocycles. The van der Waals surface area contributed by atoms with Gasteiger partial charge in [-0.25, -0.2) is 0 Å². The van der Waals surface area contributed by atoms with E-state index in [0.29, 0.717) is 15.7 Å². The molecule has 1 aromatic heterocycles. The van der Waals surface area contributed by atoms with E-state index in [1.807, 2.05) is 20.8 Å². The van der Waals surface area contributed by atoms with Gasteiger partial charge >= 0.3 is 5.97 Å². The van der Waals surface area contributed by atoms with Crippen molar-refractivity contribution in [2.45, 2.75) is 46.1 Å². The van der Waals surface area contributed by atoms with Crippen LogP contribution in [0.25, 0.3) is 0 Å². The Morgan fingerprint density at radius 1 is 1.27 bits per heavy atom. The molecule has 0 radical (unpaired) electrons. The van der Waals surface area contributed by atoms with Crippen molar-refractivity contribution in [1.82, 2.24) is 10.2 Å². The van der Waals surface area contributed by atoms with Crippen LogP contribution in [0.15, 0.2) is 18.2 Å². The lowest BCUT2D eigenvalue weighted by Crippen LogP contribution is -2.30. The van der Waals surface area contributed by atoms with Crippen molar-refractivity contribution in [3.05, 3.63) is 45.2 Å². The zero-order valence-corrected chi connectivity index (χ0v) is 16.5. The number of hydrogen-bond acceptors (Lipinski definition) is 4. The zero-order valence-electron chi connectivity index (χ0n) is 15.0. The smallest absolute Gasteiger partial charge is 0.307 e. The Balaban J connectivity index is 1.94. The predicted octanol–water partition coefficient (Wildman–Crippen LogP) is 4.40. The Kier molecular flexibility index (Phi) is 6.67. The minimum absolute atomic E-state index is 0.0705. The molecule has 0 bridgehead atoms. The minimum Gasteiger partial charge on any atom is -0.453 e. The molecule has 2 unspecified atom stereocenters. The van der Waals surface area contributed by atoms with Crippen molar-refractivity contribution >= 4 is 40.8 Å². The summed E-state index contributed by atoms with van der Waals surface area (Å²) in [5.41, 5.74) is 3.13. The van der Waals surface area contributed by atoms with Crippen LogP contribution in [0.1, 0.15) is 43.1 Å². The molecule has 2 rings (SSSR count). The molecule has 0 aliphatic carbocycles. The number of esters is 1. The third-order valence-corrected chi connectivity index (χ3v) is 4.58. The molecular weight excluding hydrogens is 377 g/mol. The van der Waals surface area contributed by atoms with Crippen molar-refractivity contribution in [2.75, 3.05) is 5.32 Å². The van der Waals surface area contributed by atoms with E-state index in [1.54, 1.807) is 12.1 Å². The molecular formula is C18H21Cl2N3O3. The van der Waals surface area contributed by atoms with Crippen molar-refractivity contribution in [1.29, 1.82) is 0 Å². The molecule has 8 heteroatoms. The van der Waals surface area contributed by atoms with Crippen LogP contribution in [0.4, 0.5) is 5.69 Å². The number of aromatic amines is 1. The Morgan fingerprint density at radius 2 is 1.96 bits per heavy atom. The fourth-order valence-corrected chi connectivity index (χ4v) is 3.10. The maximum Gasteiger partial charge on any atom is 0.307 e. The van der Waals surface area contributed by atoms with Gasteiger partial charge in [0.15, 0.2) is 6.10 Å². The highest BCUT2D eigenvalue weighted by Crippen LogP contribution is 2.26. The Bertz CT molecular complexity index is 801. The van der Waals surface area contributed by atoms with E-state index in [0.717, 1.165) is 17.0 Å². The van der Waals surface area contributed by atoms with Crippen LogP contribution in [-0.2, 0) is 14.3 Å². The second-order valence-corrected chi connectivity index (χ2v) is 7.04. The van der Waals surface area contributed by atoms with Gasteiger partial charge in [0.05, 0.1) is 22.8 Å². The summed E-state index contributed by atoms with van der Waals surface area (Å²) in [6.07, 6.45) is -0.812. The van der Waals surface area contributed by atoms with Crippen LogP contribution in [0.3, 0.4) is 0 Å². The molecule has 0 aliphatic rings. The predicted molar refractivity (Wildman–Crippen MR) is 102 cm³/mol. The zero-order chi connectivity index (χ0) is 19.4. The van der Waals surface area contributed by atoms with Gasteiger partial charge in [0.1, 0.15) is 0 Å². The fourth-order valence-electron chi connectivity index (χ4n) is 2.76. The summed E-state index contributed by atoms with van der Waals surface area (Å²) in [6, 6.07) is 4.72. The highest BCUT2D eigenvalue weighted by molar-refractivity contribution is 6.35. The third-order valence-electron chi connectivity index (χ3n) is 4.01. The van der Waals surface area contributed by atoms with E-state index in [2.05, 4.69) is 15.5 Å². The number of aryl methyl sites for hydroxylation is 2. The van der Waals surface area contributed by atoms with Gasteiger partial charge in [-0.05, 0) is 50.5 Å². The number of nitrogens with zero attached hydrogens (tertiary/aromatic N) is 1. The largest absolute Gasteiger partial charge is 0.453 e. The first-order chi connectivity index (χ1) is 12.2. The molecule has 2 atom stereocenters. The van der Waals surface area contributed by atoms with Crippen molar-refractivity contribution in [2.24, 2.45) is 0 Å². The van der Waals surface area contributed by atoms with Gasteiger partial charge < -0.3 is 10.1 Å². The number of ether oxygens (including phenoxy) is 1. The third kappa shape index (κ3) is 4.99. The van der Waals surface area contributed by atoms with E-state index in [1.165, 1.54) is 13.0 Å². The number of nitrogens with one attached hydrogen (secondary N) is 2. The first-order valence-electron chi connectivity index (χ1n) is 8.16. The molecule has 6 nitrogen and oxygen atoms in total. The number of aromatic nitrogens is 2. The molecule has 0 spiro atoms. The minimum atomic E-state index is -0.962. The lowest BCUT2D eigenvalue weighted by molar-refractivity contribution is -0.153. The second-order valence-electron chi connectivity index (χ2n) is 6.20. The average molecular weight is 398 g/mol. The quantitative estimate of drug-likeness (QED) is 0.707. The summed E-state index contributed by atoms with van der Waals surface area (Å²) >= 11 is 11.9. The Labute approximate surface area is 162 Å². The second kappa shape index (κ2) is 8.56. The Morgan fingerprint density at radius 3 is 2.58 bits per heavy atom. The average Bonchev–Trinajstić information content (AvgIpc) is 2.89. The first-order valence-corrected chi connectivity index (χ1v) is 8.91. The molecule has 0 saturated carbocycles. The maximum absolute atomic E-state index is 12.2. The molecule has 26 heavy (non-hydrogen) atoms. The number of rotatable bonds is 6. The van der Waals surface area contributed by atoms with Crippen molar-refractivity contribution < 1.29 is 14.3 Å². The summed E-state index contributed by atoms with van der Waals surface area (Å²) in [5, 5.41) is 10.4. The molecule has 0 saturated heterocycles. The lowest BCUT2D eigenvalue weighted by Gasteiger charge is -2.16. The van der Waals surface area contributed by atoms with Gasteiger partial charge in [-0.3, -0.25) is 14.7 Å². The van der Waals surface area contributed by atoms with E-state index in [4.69, 9.17) is 27.9 Å². The molecule has 140 valence electrons. The van der Waals surface area contributed by atoms with Gasteiger partial charge in [-0.1, -0.05) is 30.1 Å². The fraction of sp³-hybridized carbons (Fsp3) is 0.389.